The van der Waals surface area contributed by atoms with Gasteiger partial charge in [0.25, 0.3) is 0 Å². The summed E-state index contributed by atoms with van der Waals surface area (Å²) in [5.74, 6) is 0.640. The summed E-state index contributed by atoms with van der Waals surface area (Å²) in [7, 11) is 1.42. The SMILES string of the molecule is CCCC1CCN(C/C=C(/C)C(=O)OC)C1. The van der Waals surface area contributed by atoms with Crippen molar-refractivity contribution in [1.29, 1.82) is 0 Å². The molecule has 0 amide bonds. The third-order valence-electron chi connectivity index (χ3n) is 3.23. The number of nitrogens with zero attached hydrogens (tertiary/aromatic N) is 1. The summed E-state index contributed by atoms with van der Waals surface area (Å²) >= 11 is 0. The average Bonchev–Trinajstić information content (AvgIpc) is 2.73. The minimum Gasteiger partial charge on any atom is -0.466 e. The zero-order valence-electron chi connectivity index (χ0n) is 10.7. The molecule has 1 fully saturated rings. The predicted octanol–water partition coefficient (Wildman–Crippen LogP) is 2.23. The molecule has 1 aliphatic rings. The highest BCUT2D eigenvalue weighted by molar-refractivity contribution is 5.87. The lowest BCUT2D eigenvalue weighted by molar-refractivity contribution is -0.136. The smallest absolute Gasteiger partial charge is 0.333 e. The molecular weight excluding hydrogens is 202 g/mol. The number of likely N-dealkylation sites (tertiary alicyclic amines) is 1. The Balaban J connectivity index is 2.31. The Morgan fingerprint density at radius 2 is 2.31 bits per heavy atom. The molecular formula is C13H23NO2. The third-order valence-corrected chi connectivity index (χ3v) is 3.23. The van der Waals surface area contributed by atoms with E-state index >= 15 is 0 Å². The lowest BCUT2D eigenvalue weighted by Gasteiger charge is -2.13. The first-order valence-corrected chi connectivity index (χ1v) is 6.14. The fourth-order valence-electron chi connectivity index (χ4n) is 2.23. The largest absolute Gasteiger partial charge is 0.466 e. The number of hydrogen-bond donors (Lipinski definition) is 0. The molecule has 1 aliphatic heterocycles. The lowest BCUT2D eigenvalue weighted by Crippen LogP contribution is -2.21. The van der Waals surface area contributed by atoms with Crippen molar-refractivity contribution in [2.24, 2.45) is 5.92 Å². The Labute approximate surface area is 98.5 Å². The van der Waals surface area contributed by atoms with Crippen molar-refractivity contribution in [3.8, 4) is 0 Å². The van der Waals surface area contributed by atoms with Crippen LogP contribution in [-0.4, -0.2) is 37.6 Å². The summed E-state index contributed by atoms with van der Waals surface area (Å²) in [6.45, 7) is 7.27. The molecule has 1 unspecified atom stereocenters. The number of esters is 1. The van der Waals surface area contributed by atoms with E-state index in [1.165, 1.54) is 32.9 Å². The Kier molecular flexibility index (Phi) is 5.53. The van der Waals surface area contributed by atoms with Crippen LogP contribution >= 0.6 is 0 Å². The van der Waals surface area contributed by atoms with Crippen molar-refractivity contribution in [2.75, 3.05) is 26.7 Å². The van der Waals surface area contributed by atoms with Gasteiger partial charge in [0.2, 0.25) is 0 Å². The average molecular weight is 225 g/mol. The van der Waals surface area contributed by atoms with E-state index in [1.807, 2.05) is 13.0 Å². The van der Waals surface area contributed by atoms with Crippen molar-refractivity contribution in [1.82, 2.24) is 4.90 Å². The maximum Gasteiger partial charge on any atom is 0.333 e. The monoisotopic (exact) mass is 225 g/mol. The van der Waals surface area contributed by atoms with Crippen LogP contribution in [0.1, 0.15) is 33.1 Å². The second-order valence-electron chi connectivity index (χ2n) is 4.58. The maximum atomic E-state index is 11.2. The van der Waals surface area contributed by atoms with Crippen molar-refractivity contribution in [3.05, 3.63) is 11.6 Å². The van der Waals surface area contributed by atoms with Crippen molar-refractivity contribution in [2.45, 2.75) is 33.1 Å². The second kappa shape index (κ2) is 6.69. The third kappa shape index (κ3) is 3.97. The van der Waals surface area contributed by atoms with E-state index in [9.17, 15) is 4.79 Å². The van der Waals surface area contributed by atoms with Gasteiger partial charge in [0, 0.05) is 18.7 Å². The summed E-state index contributed by atoms with van der Waals surface area (Å²) in [6.07, 6.45) is 5.88. The molecule has 0 radical (unpaired) electrons. The van der Waals surface area contributed by atoms with Gasteiger partial charge in [0.15, 0.2) is 0 Å². The molecule has 1 rings (SSSR count). The van der Waals surface area contributed by atoms with Gasteiger partial charge in [-0.1, -0.05) is 19.4 Å². The molecule has 3 nitrogen and oxygen atoms in total. The summed E-state index contributed by atoms with van der Waals surface area (Å²) in [5.41, 5.74) is 0.710. The van der Waals surface area contributed by atoms with E-state index in [1.54, 1.807) is 0 Å². The Hall–Kier alpha value is -0.830. The fourth-order valence-corrected chi connectivity index (χ4v) is 2.23. The van der Waals surface area contributed by atoms with Crippen LogP contribution in [0.3, 0.4) is 0 Å². The Bertz CT molecular complexity index is 261. The quantitative estimate of drug-likeness (QED) is 0.531. The normalized spacial score (nSPS) is 22.4. The lowest BCUT2D eigenvalue weighted by atomic mass is 10.0. The van der Waals surface area contributed by atoms with Crippen LogP contribution in [-0.2, 0) is 9.53 Å². The molecule has 1 saturated heterocycles. The minimum absolute atomic E-state index is 0.218. The van der Waals surface area contributed by atoms with Gasteiger partial charge < -0.3 is 4.74 Å². The maximum absolute atomic E-state index is 11.2. The molecule has 0 N–H and O–H groups in total. The topological polar surface area (TPSA) is 29.5 Å². The number of ether oxygens (including phenoxy) is 1. The minimum atomic E-state index is -0.218. The zero-order chi connectivity index (χ0) is 12.0. The molecule has 0 aromatic heterocycles. The number of methoxy groups -OCH3 is 1. The van der Waals surface area contributed by atoms with E-state index in [0.717, 1.165) is 19.0 Å². The molecule has 0 spiro atoms. The van der Waals surface area contributed by atoms with Crippen LogP contribution in [0.5, 0.6) is 0 Å². The molecule has 3 heteroatoms. The van der Waals surface area contributed by atoms with E-state index in [0.29, 0.717) is 5.57 Å². The number of carbonyl (C=O) groups excluding carboxylic acids is 1. The Morgan fingerprint density at radius 1 is 1.56 bits per heavy atom. The molecule has 0 aromatic carbocycles. The molecule has 0 bridgehead atoms. The second-order valence-corrected chi connectivity index (χ2v) is 4.58. The van der Waals surface area contributed by atoms with Crippen LogP contribution in [0.25, 0.3) is 0 Å². The van der Waals surface area contributed by atoms with Crippen LogP contribution in [0.4, 0.5) is 0 Å². The van der Waals surface area contributed by atoms with Crippen molar-refractivity contribution in [3.63, 3.8) is 0 Å². The van der Waals surface area contributed by atoms with Crippen molar-refractivity contribution >= 4 is 5.97 Å². The summed E-state index contributed by atoms with van der Waals surface area (Å²) in [6, 6.07) is 0. The van der Waals surface area contributed by atoms with Gasteiger partial charge in [-0.3, -0.25) is 4.90 Å². The highest BCUT2D eigenvalue weighted by Gasteiger charge is 2.20. The van der Waals surface area contributed by atoms with Gasteiger partial charge in [-0.15, -0.1) is 0 Å². The molecule has 0 saturated carbocycles. The molecule has 16 heavy (non-hydrogen) atoms. The molecule has 0 aromatic rings. The van der Waals surface area contributed by atoms with Crippen molar-refractivity contribution < 1.29 is 9.53 Å². The first-order valence-electron chi connectivity index (χ1n) is 6.14. The summed E-state index contributed by atoms with van der Waals surface area (Å²) < 4.78 is 4.66. The Morgan fingerprint density at radius 3 is 2.94 bits per heavy atom. The summed E-state index contributed by atoms with van der Waals surface area (Å²) in [4.78, 5) is 13.6. The van der Waals surface area contributed by atoms with Crippen LogP contribution in [0.2, 0.25) is 0 Å². The number of carbonyl (C=O) groups is 1. The van der Waals surface area contributed by atoms with Gasteiger partial charge in [-0.05, 0) is 32.2 Å². The van der Waals surface area contributed by atoms with E-state index in [2.05, 4.69) is 16.6 Å². The van der Waals surface area contributed by atoms with E-state index in [4.69, 9.17) is 0 Å². The molecule has 0 aliphatic carbocycles. The van der Waals surface area contributed by atoms with Crippen LogP contribution < -0.4 is 0 Å². The standard InChI is InChI=1S/C13H23NO2/c1-4-5-12-7-9-14(10-12)8-6-11(2)13(15)16-3/h6,12H,4-5,7-10H2,1-3H3/b11-6-. The number of rotatable bonds is 5. The first-order chi connectivity index (χ1) is 7.67. The summed E-state index contributed by atoms with van der Waals surface area (Å²) in [5, 5.41) is 0. The first kappa shape index (κ1) is 13.2. The highest BCUT2D eigenvalue weighted by Crippen LogP contribution is 2.20. The molecule has 1 heterocycles. The van der Waals surface area contributed by atoms with Gasteiger partial charge in [-0.2, -0.15) is 0 Å². The fraction of sp³-hybridized carbons (Fsp3) is 0.769. The zero-order valence-corrected chi connectivity index (χ0v) is 10.7. The van der Waals surface area contributed by atoms with Gasteiger partial charge in [0.05, 0.1) is 7.11 Å². The molecule has 92 valence electrons. The number of hydrogen-bond acceptors (Lipinski definition) is 3. The predicted molar refractivity (Wildman–Crippen MR) is 65.2 cm³/mol. The molecule has 1 atom stereocenters. The van der Waals surface area contributed by atoms with Crippen LogP contribution in [0.15, 0.2) is 11.6 Å². The van der Waals surface area contributed by atoms with Gasteiger partial charge in [0.1, 0.15) is 0 Å². The van der Waals surface area contributed by atoms with Gasteiger partial charge >= 0.3 is 5.97 Å². The van der Waals surface area contributed by atoms with E-state index in [-0.39, 0.29) is 5.97 Å². The highest BCUT2D eigenvalue weighted by atomic mass is 16.5. The van der Waals surface area contributed by atoms with Crippen LogP contribution in [0, 0.1) is 5.92 Å². The van der Waals surface area contributed by atoms with E-state index < -0.39 is 0 Å². The van der Waals surface area contributed by atoms with Gasteiger partial charge in [-0.25, -0.2) is 4.79 Å².